The summed E-state index contributed by atoms with van der Waals surface area (Å²) in [5.41, 5.74) is -0.279. The van der Waals surface area contributed by atoms with E-state index in [1.54, 1.807) is 0 Å². The maximum absolute atomic E-state index is 11.5. The lowest BCUT2D eigenvalue weighted by Gasteiger charge is -2.19. The molecule has 0 aliphatic carbocycles. The average molecular weight is 285 g/mol. The van der Waals surface area contributed by atoms with Crippen LogP contribution in [0, 0.1) is 5.41 Å². The van der Waals surface area contributed by atoms with E-state index in [4.69, 9.17) is 26.2 Å². The van der Waals surface area contributed by atoms with Crippen LogP contribution in [0.4, 0.5) is 0 Å². The summed E-state index contributed by atoms with van der Waals surface area (Å²) >= 11 is 5.90. The summed E-state index contributed by atoms with van der Waals surface area (Å²) in [7, 11) is 0. The van der Waals surface area contributed by atoms with Crippen molar-refractivity contribution in [2.75, 3.05) is 13.2 Å². The molecule has 0 radical (unpaired) electrons. The molecule has 102 valence electrons. The van der Waals surface area contributed by atoms with Gasteiger partial charge in [0.1, 0.15) is 0 Å². The molecule has 1 aromatic rings. The molecule has 1 N–H and O–H groups in total. The Labute approximate surface area is 115 Å². The number of carboxylic acid groups (broad SMARTS) is 1. The van der Waals surface area contributed by atoms with Crippen LogP contribution in [0.3, 0.4) is 0 Å². The van der Waals surface area contributed by atoms with Gasteiger partial charge >= 0.3 is 5.97 Å². The summed E-state index contributed by atoms with van der Waals surface area (Å²) in [6.45, 7) is 4.80. The Morgan fingerprint density at radius 1 is 1.21 bits per heavy atom. The van der Waals surface area contributed by atoms with Crippen molar-refractivity contribution in [3.63, 3.8) is 0 Å². The molecule has 0 fully saturated rings. The van der Waals surface area contributed by atoms with Crippen molar-refractivity contribution >= 4 is 23.4 Å². The number of ketones is 1. The van der Waals surface area contributed by atoms with E-state index in [1.165, 1.54) is 12.1 Å². The summed E-state index contributed by atoms with van der Waals surface area (Å²) in [5.74, 6) is -1.88. The molecule has 0 amide bonds. The molecule has 0 unspecified atom stereocenters. The van der Waals surface area contributed by atoms with Crippen LogP contribution in [-0.4, -0.2) is 30.1 Å². The van der Waals surface area contributed by atoms with Crippen LogP contribution in [0.15, 0.2) is 12.1 Å². The third-order valence-corrected chi connectivity index (χ3v) is 3.02. The second kappa shape index (κ2) is 4.74. The van der Waals surface area contributed by atoms with Gasteiger partial charge in [0.2, 0.25) is 0 Å². The fourth-order valence-electron chi connectivity index (χ4n) is 1.64. The minimum Gasteiger partial charge on any atom is -0.489 e. The van der Waals surface area contributed by atoms with Crippen LogP contribution in [0.5, 0.6) is 11.5 Å². The number of hydrogen-bond donors (Lipinski definition) is 1. The van der Waals surface area contributed by atoms with Gasteiger partial charge < -0.3 is 14.6 Å². The molecule has 0 bridgehead atoms. The van der Waals surface area contributed by atoms with E-state index < -0.39 is 11.8 Å². The van der Waals surface area contributed by atoms with Gasteiger partial charge in [-0.2, -0.15) is 0 Å². The normalized spacial score (nSPS) is 16.6. The Hall–Kier alpha value is -1.75. The number of hydrogen-bond acceptors (Lipinski definition) is 4. The molecule has 0 aromatic heterocycles. The number of carbonyl (C=O) groups is 2. The second-order valence-electron chi connectivity index (χ2n) is 5.15. The molecule has 0 saturated carbocycles. The summed E-state index contributed by atoms with van der Waals surface area (Å²) in [6.07, 6.45) is 0. The van der Waals surface area contributed by atoms with Crippen LogP contribution < -0.4 is 9.47 Å². The van der Waals surface area contributed by atoms with E-state index in [1.807, 2.05) is 13.8 Å². The van der Waals surface area contributed by atoms with Gasteiger partial charge in [-0.05, 0) is 6.07 Å². The molecule has 1 heterocycles. The molecule has 0 atom stereocenters. The third kappa shape index (κ3) is 2.81. The van der Waals surface area contributed by atoms with E-state index in [0.717, 1.165) is 0 Å². The molecular formula is C13H13ClO5. The number of aliphatic carboxylic acids is 1. The van der Waals surface area contributed by atoms with Gasteiger partial charge in [0.05, 0.1) is 23.8 Å². The molecule has 19 heavy (non-hydrogen) atoms. The molecule has 5 nitrogen and oxygen atoms in total. The molecule has 2 rings (SSSR count). The maximum atomic E-state index is 11.5. The number of benzene rings is 1. The monoisotopic (exact) mass is 284 g/mol. The molecule has 1 aromatic carbocycles. The predicted molar refractivity (Wildman–Crippen MR) is 68.2 cm³/mol. The molecule has 1 aliphatic rings. The minimum absolute atomic E-state index is 0.0365. The Kier molecular flexibility index (Phi) is 3.41. The van der Waals surface area contributed by atoms with Crippen molar-refractivity contribution in [2.45, 2.75) is 13.8 Å². The number of carbonyl (C=O) groups excluding carboxylic acids is 1. The SMILES string of the molecule is CC1(C)COc2cc(Cl)c(C(=O)C(=O)O)cc2OC1. The standard InChI is InChI=1S/C13H13ClO5/c1-13(2)5-18-9-3-7(11(15)12(16)17)8(14)4-10(9)19-6-13/h3-4H,5-6H2,1-2H3,(H,16,17). The Morgan fingerprint density at radius 3 is 2.26 bits per heavy atom. The zero-order valence-electron chi connectivity index (χ0n) is 10.5. The number of fused-ring (bicyclic) bond motifs is 1. The average Bonchev–Trinajstić information content (AvgIpc) is 2.47. The first-order valence-electron chi connectivity index (χ1n) is 5.67. The summed E-state index contributed by atoms with van der Waals surface area (Å²) < 4.78 is 11.1. The fraction of sp³-hybridized carbons (Fsp3) is 0.385. The van der Waals surface area contributed by atoms with Gasteiger partial charge in [-0.15, -0.1) is 0 Å². The van der Waals surface area contributed by atoms with Gasteiger partial charge in [0, 0.05) is 11.5 Å². The fourth-order valence-corrected chi connectivity index (χ4v) is 1.88. The lowest BCUT2D eigenvalue weighted by Crippen LogP contribution is -2.26. The largest absolute Gasteiger partial charge is 0.489 e. The lowest BCUT2D eigenvalue weighted by atomic mass is 9.97. The van der Waals surface area contributed by atoms with Gasteiger partial charge in [-0.3, -0.25) is 4.79 Å². The van der Waals surface area contributed by atoms with Crippen LogP contribution in [0.25, 0.3) is 0 Å². The van der Waals surface area contributed by atoms with Crippen molar-refractivity contribution in [3.05, 3.63) is 22.7 Å². The van der Waals surface area contributed by atoms with E-state index >= 15 is 0 Å². The molecule has 1 aliphatic heterocycles. The number of rotatable bonds is 2. The van der Waals surface area contributed by atoms with E-state index in [0.29, 0.717) is 24.7 Å². The zero-order chi connectivity index (χ0) is 14.2. The zero-order valence-corrected chi connectivity index (χ0v) is 11.3. The van der Waals surface area contributed by atoms with Gasteiger partial charge in [0.15, 0.2) is 11.5 Å². The third-order valence-electron chi connectivity index (χ3n) is 2.71. The summed E-state index contributed by atoms with van der Waals surface area (Å²) in [6, 6.07) is 2.73. The predicted octanol–water partition coefficient (Wildman–Crippen LogP) is 2.40. The quantitative estimate of drug-likeness (QED) is 0.667. The second-order valence-corrected chi connectivity index (χ2v) is 5.56. The Morgan fingerprint density at radius 2 is 1.74 bits per heavy atom. The first kappa shape index (κ1) is 13.7. The number of Topliss-reactive ketones (excluding diaryl/α,β-unsaturated/α-hetero) is 1. The Bertz CT molecular complexity index is 550. The van der Waals surface area contributed by atoms with E-state index in [9.17, 15) is 9.59 Å². The lowest BCUT2D eigenvalue weighted by molar-refractivity contribution is -0.131. The van der Waals surface area contributed by atoms with Crippen LogP contribution in [0.2, 0.25) is 5.02 Å². The van der Waals surface area contributed by atoms with Crippen LogP contribution >= 0.6 is 11.6 Å². The summed E-state index contributed by atoms with van der Waals surface area (Å²) in [4.78, 5) is 22.2. The van der Waals surface area contributed by atoms with Gasteiger partial charge in [-0.1, -0.05) is 25.4 Å². The minimum atomic E-state index is -1.56. The molecule has 0 saturated heterocycles. The van der Waals surface area contributed by atoms with E-state index in [-0.39, 0.29) is 16.0 Å². The summed E-state index contributed by atoms with van der Waals surface area (Å²) in [5, 5.41) is 8.76. The number of halogens is 1. The molecular weight excluding hydrogens is 272 g/mol. The highest BCUT2D eigenvalue weighted by Gasteiger charge is 2.28. The number of carboxylic acids is 1. The van der Waals surface area contributed by atoms with Crippen LogP contribution in [0.1, 0.15) is 24.2 Å². The Balaban J connectivity index is 2.42. The van der Waals surface area contributed by atoms with Gasteiger partial charge in [0.25, 0.3) is 5.78 Å². The first-order valence-corrected chi connectivity index (χ1v) is 6.05. The smallest absolute Gasteiger partial charge is 0.377 e. The van der Waals surface area contributed by atoms with Crippen molar-refractivity contribution < 1.29 is 24.2 Å². The van der Waals surface area contributed by atoms with E-state index in [2.05, 4.69) is 0 Å². The topological polar surface area (TPSA) is 72.8 Å². The van der Waals surface area contributed by atoms with Crippen LogP contribution in [-0.2, 0) is 4.79 Å². The van der Waals surface area contributed by atoms with Crippen molar-refractivity contribution in [2.24, 2.45) is 5.41 Å². The highest BCUT2D eigenvalue weighted by molar-refractivity contribution is 6.45. The highest BCUT2D eigenvalue weighted by Crippen LogP contribution is 2.37. The van der Waals surface area contributed by atoms with Gasteiger partial charge in [-0.25, -0.2) is 4.79 Å². The van der Waals surface area contributed by atoms with Crippen molar-refractivity contribution in [1.82, 2.24) is 0 Å². The molecule has 0 spiro atoms. The highest BCUT2D eigenvalue weighted by atomic mass is 35.5. The van der Waals surface area contributed by atoms with Crippen molar-refractivity contribution in [3.8, 4) is 11.5 Å². The maximum Gasteiger partial charge on any atom is 0.377 e. The molecule has 6 heteroatoms. The first-order chi connectivity index (χ1) is 8.80. The van der Waals surface area contributed by atoms with Crippen molar-refractivity contribution in [1.29, 1.82) is 0 Å². The number of ether oxygens (including phenoxy) is 2.